The summed E-state index contributed by atoms with van der Waals surface area (Å²) < 4.78 is 0. The van der Waals surface area contributed by atoms with E-state index in [0.717, 1.165) is 0 Å². The van der Waals surface area contributed by atoms with Crippen LogP contribution in [-0.2, 0) is 0 Å². The van der Waals surface area contributed by atoms with Gasteiger partial charge in [0.1, 0.15) is 0 Å². The summed E-state index contributed by atoms with van der Waals surface area (Å²) in [4.78, 5) is 2.33. The Kier molecular flexibility index (Phi) is 2.25. The molecule has 0 N–H and O–H groups in total. The van der Waals surface area contributed by atoms with Crippen molar-refractivity contribution in [3.05, 3.63) is 23.1 Å². The van der Waals surface area contributed by atoms with Crippen LogP contribution in [-0.4, -0.2) is 25.7 Å². The van der Waals surface area contributed by atoms with Crippen LogP contribution in [0.1, 0.15) is 0 Å². The third-order valence-electron chi connectivity index (χ3n) is 0.848. The van der Waals surface area contributed by atoms with E-state index in [1.807, 2.05) is 0 Å². The molecule has 0 fully saturated rings. The molecule has 1 rings (SSSR count). The molecule has 0 saturated carbocycles. The summed E-state index contributed by atoms with van der Waals surface area (Å²) in [5.74, 6) is 0. The van der Waals surface area contributed by atoms with Gasteiger partial charge < -0.3 is 0 Å². The van der Waals surface area contributed by atoms with E-state index in [1.54, 1.807) is 0 Å². The topological polar surface area (TPSA) is 0 Å². The van der Waals surface area contributed by atoms with Crippen LogP contribution in [0.25, 0.3) is 0 Å². The van der Waals surface area contributed by atoms with E-state index in [-0.39, 0.29) is 0 Å². The quantitative estimate of drug-likeness (QED) is 0.524. The third kappa shape index (κ3) is 1.86. The third-order valence-corrected chi connectivity index (χ3v) is 6.67. The Hall–Kier alpha value is 0.558. The Balaban J connectivity index is 2.66. The van der Waals surface area contributed by atoms with Gasteiger partial charge in [-0.2, -0.15) is 0 Å². The first-order valence-electron chi connectivity index (χ1n) is 2.25. The maximum atomic E-state index is 3.21. The normalized spacial score (nSPS) is 28.3. The number of hydrogen-bond acceptors (Lipinski definition) is 0. The van der Waals surface area contributed by atoms with Gasteiger partial charge in [0, 0.05) is 0 Å². The Labute approximate surface area is 54.1 Å². The molecule has 7 heavy (non-hydrogen) atoms. The molecule has 0 spiro atoms. The molecule has 2 heteroatoms. The van der Waals surface area contributed by atoms with Gasteiger partial charge in [-0.05, 0) is 0 Å². The molecule has 0 radical (unpaired) electrons. The van der Waals surface area contributed by atoms with Gasteiger partial charge in [0.25, 0.3) is 0 Å². The molecule has 0 aromatic rings. The SMILES string of the molecule is [Se]=[AsH]1C=CC=CC1. The van der Waals surface area contributed by atoms with Crippen molar-refractivity contribution in [3.63, 3.8) is 0 Å². The van der Waals surface area contributed by atoms with Crippen LogP contribution in [0.3, 0.4) is 0 Å². The maximum absolute atomic E-state index is 3.21. The summed E-state index contributed by atoms with van der Waals surface area (Å²) in [6.45, 7) is 0. The van der Waals surface area contributed by atoms with Crippen LogP contribution in [0.2, 0.25) is 5.21 Å². The van der Waals surface area contributed by atoms with Gasteiger partial charge in [0.2, 0.25) is 0 Å². The van der Waals surface area contributed by atoms with E-state index in [9.17, 15) is 0 Å². The average molecular weight is 221 g/mol. The van der Waals surface area contributed by atoms with Crippen molar-refractivity contribution < 1.29 is 0 Å². The summed E-state index contributed by atoms with van der Waals surface area (Å²) >= 11 is 2.49. The zero-order chi connectivity index (χ0) is 5.11. The van der Waals surface area contributed by atoms with Crippen LogP contribution in [0, 0.1) is 0 Å². The molecule has 0 aromatic heterocycles. The van der Waals surface area contributed by atoms with Crippen LogP contribution in [0.4, 0.5) is 0 Å². The van der Waals surface area contributed by atoms with E-state index in [0.29, 0.717) is 0 Å². The summed E-state index contributed by atoms with van der Waals surface area (Å²) in [5.41, 5.74) is 0. The van der Waals surface area contributed by atoms with E-state index in [4.69, 9.17) is 0 Å². The van der Waals surface area contributed by atoms with Crippen LogP contribution in [0.5, 0.6) is 0 Å². The molecule has 1 aliphatic rings. The monoisotopic (exact) mass is 222 g/mol. The number of rotatable bonds is 0. The molecule has 0 aromatic carbocycles. The van der Waals surface area contributed by atoms with Crippen LogP contribution < -0.4 is 0 Å². The van der Waals surface area contributed by atoms with E-state index < -0.39 is 12.2 Å². The van der Waals surface area contributed by atoms with E-state index >= 15 is 0 Å². The van der Waals surface area contributed by atoms with Gasteiger partial charge in [0.05, 0.1) is 0 Å². The Morgan fingerprint density at radius 2 is 2.29 bits per heavy atom. The Morgan fingerprint density at radius 3 is 2.57 bits per heavy atom. The van der Waals surface area contributed by atoms with Crippen molar-refractivity contribution in [3.8, 4) is 0 Å². The van der Waals surface area contributed by atoms with Crippen LogP contribution in [0.15, 0.2) is 23.1 Å². The van der Waals surface area contributed by atoms with Gasteiger partial charge >= 0.3 is 54.0 Å². The van der Waals surface area contributed by atoms with Crippen molar-refractivity contribution in [2.24, 2.45) is 0 Å². The first kappa shape index (κ1) is 5.69. The second-order valence-electron chi connectivity index (χ2n) is 1.46. The van der Waals surface area contributed by atoms with Gasteiger partial charge in [-0.3, -0.25) is 0 Å². The summed E-state index contributed by atoms with van der Waals surface area (Å²) in [6, 6.07) is 0. The van der Waals surface area contributed by atoms with E-state index in [1.165, 1.54) is 5.21 Å². The molecule has 1 heterocycles. The molecule has 1 unspecified atom stereocenters. The standard InChI is InChI=1S/C5H7AsSe/c7-6-4-2-1-3-5-6/h1-4,6H,5H2. The summed E-state index contributed by atoms with van der Waals surface area (Å²) in [6.07, 6.45) is 6.51. The molecule has 0 saturated heterocycles. The second-order valence-corrected chi connectivity index (χ2v) is 10.7. The zero-order valence-corrected chi connectivity index (χ0v) is 7.74. The van der Waals surface area contributed by atoms with Gasteiger partial charge in [-0.15, -0.1) is 0 Å². The minimum atomic E-state index is -0.713. The average Bonchev–Trinajstić information content (AvgIpc) is 1.69. The molecule has 1 aliphatic heterocycles. The molecule has 38 valence electrons. The number of allylic oxidation sites excluding steroid dienone is 3. The van der Waals surface area contributed by atoms with Gasteiger partial charge in [0.15, 0.2) is 0 Å². The van der Waals surface area contributed by atoms with Crippen LogP contribution >= 0.6 is 0 Å². The molecule has 0 amide bonds. The fourth-order valence-corrected chi connectivity index (χ4v) is 4.14. The van der Waals surface area contributed by atoms with E-state index in [2.05, 4.69) is 36.6 Å². The van der Waals surface area contributed by atoms with Gasteiger partial charge in [-0.1, -0.05) is 0 Å². The van der Waals surface area contributed by atoms with Crippen molar-refractivity contribution in [1.29, 1.82) is 0 Å². The molecule has 0 aliphatic carbocycles. The summed E-state index contributed by atoms with van der Waals surface area (Å²) in [7, 11) is 0. The molecular weight excluding hydrogens is 214 g/mol. The molecule has 1 atom stereocenters. The first-order chi connectivity index (χ1) is 3.39. The second kappa shape index (κ2) is 2.77. The van der Waals surface area contributed by atoms with Crippen molar-refractivity contribution in [1.82, 2.24) is 0 Å². The van der Waals surface area contributed by atoms with Crippen molar-refractivity contribution in [2.75, 3.05) is 0 Å². The van der Waals surface area contributed by atoms with Crippen molar-refractivity contribution in [2.45, 2.75) is 5.21 Å². The fourth-order valence-electron chi connectivity index (χ4n) is 0.494. The van der Waals surface area contributed by atoms with Crippen molar-refractivity contribution >= 4 is 25.7 Å². The minimum absolute atomic E-state index is 0.713. The first-order valence-corrected chi connectivity index (χ1v) is 10.3. The molecule has 0 bridgehead atoms. The molecular formula is C5H7AsSe. The zero-order valence-electron chi connectivity index (χ0n) is 3.92. The summed E-state index contributed by atoms with van der Waals surface area (Å²) in [5, 5.41) is 1.33. The Morgan fingerprint density at radius 1 is 1.43 bits per heavy atom. The Bertz CT molecular complexity index is 135. The van der Waals surface area contributed by atoms with Gasteiger partial charge in [-0.25, -0.2) is 0 Å². The fraction of sp³-hybridized carbons (Fsp3) is 0.200. The predicted molar refractivity (Wildman–Crippen MR) is 36.0 cm³/mol. The predicted octanol–water partition coefficient (Wildman–Crippen LogP) is 0.544. The molecule has 0 nitrogen and oxygen atoms in total. The number of hydrogen-bond donors (Lipinski definition) is 0.